The standard InChI is InChI=1S/C20H25N3O/c1-13-5-18-17(3-2-4-23(18)22-13)19(24)21-12-20-9-14-6-15(10-20)8-16(7-14)11-20/h2-5,14-16H,6-12H2,1H3,(H,21,24). The van der Waals surface area contributed by atoms with Crippen LogP contribution in [-0.4, -0.2) is 22.1 Å². The minimum atomic E-state index is 0.0521. The van der Waals surface area contributed by atoms with E-state index in [0.717, 1.165) is 41.1 Å². The molecule has 0 atom stereocenters. The average molecular weight is 323 g/mol. The lowest BCUT2D eigenvalue weighted by molar-refractivity contribution is -0.0503. The molecule has 2 heterocycles. The molecule has 6 rings (SSSR count). The fourth-order valence-corrected chi connectivity index (χ4v) is 6.20. The summed E-state index contributed by atoms with van der Waals surface area (Å²) in [5.41, 5.74) is 2.96. The summed E-state index contributed by atoms with van der Waals surface area (Å²) in [6.45, 7) is 2.81. The van der Waals surface area contributed by atoms with Crippen LogP contribution < -0.4 is 5.32 Å². The molecule has 0 unspecified atom stereocenters. The number of fused-ring (bicyclic) bond motifs is 1. The number of carbonyl (C=O) groups is 1. The molecule has 0 aliphatic heterocycles. The summed E-state index contributed by atoms with van der Waals surface area (Å²) in [6.07, 6.45) is 10.2. The molecule has 1 amide bonds. The van der Waals surface area contributed by atoms with Crippen molar-refractivity contribution in [3.63, 3.8) is 0 Å². The Balaban J connectivity index is 1.35. The number of nitrogens with zero attached hydrogens (tertiary/aromatic N) is 2. The van der Waals surface area contributed by atoms with Crippen molar-refractivity contribution in [1.82, 2.24) is 14.9 Å². The van der Waals surface area contributed by atoms with Crippen LogP contribution in [-0.2, 0) is 0 Å². The lowest BCUT2D eigenvalue weighted by Gasteiger charge is -2.56. The second kappa shape index (κ2) is 5.08. The zero-order chi connectivity index (χ0) is 16.3. The second-order valence-electron chi connectivity index (χ2n) is 8.64. The summed E-state index contributed by atoms with van der Waals surface area (Å²) in [5.74, 6) is 2.83. The van der Waals surface area contributed by atoms with Gasteiger partial charge in [-0.1, -0.05) is 0 Å². The molecule has 4 heteroatoms. The van der Waals surface area contributed by atoms with Crippen molar-refractivity contribution in [2.24, 2.45) is 23.2 Å². The highest BCUT2D eigenvalue weighted by atomic mass is 16.1. The fourth-order valence-electron chi connectivity index (χ4n) is 6.20. The summed E-state index contributed by atoms with van der Waals surface area (Å²) < 4.78 is 1.80. The van der Waals surface area contributed by atoms with E-state index in [0.29, 0.717) is 5.41 Å². The molecule has 24 heavy (non-hydrogen) atoms. The van der Waals surface area contributed by atoms with Gasteiger partial charge < -0.3 is 5.32 Å². The minimum Gasteiger partial charge on any atom is -0.351 e. The highest BCUT2D eigenvalue weighted by Crippen LogP contribution is 2.59. The van der Waals surface area contributed by atoms with Gasteiger partial charge in [-0.2, -0.15) is 5.10 Å². The van der Waals surface area contributed by atoms with Crippen molar-refractivity contribution >= 4 is 11.4 Å². The Morgan fingerprint density at radius 1 is 1.25 bits per heavy atom. The van der Waals surface area contributed by atoms with Gasteiger partial charge in [0.05, 0.1) is 16.8 Å². The largest absolute Gasteiger partial charge is 0.351 e. The summed E-state index contributed by atoms with van der Waals surface area (Å²) in [7, 11) is 0. The zero-order valence-electron chi connectivity index (χ0n) is 14.3. The van der Waals surface area contributed by atoms with Crippen molar-refractivity contribution in [2.75, 3.05) is 6.54 Å². The van der Waals surface area contributed by atoms with Crippen LogP contribution in [0.4, 0.5) is 0 Å². The Morgan fingerprint density at radius 3 is 2.58 bits per heavy atom. The molecule has 0 spiro atoms. The van der Waals surface area contributed by atoms with Gasteiger partial charge in [0, 0.05) is 12.7 Å². The van der Waals surface area contributed by atoms with Crippen molar-refractivity contribution in [2.45, 2.75) is 45.4 Å². The van der Waals surface area contributed by atoms with Gasteiger partial charge in [0.25, 0.3) is 5.91 Å². The van der Waals surface area contributed by atoms with E-state index in [2.05, 4.69) is 10.4 Å². The topological polar surface area (TPSA) is 46.4 Å². The van der Waals surface area contributed by atoms with Crippen LogP contribution in [0, 0.1) is 30.1 Å². The highest BCUT2D eigenvalue weighted by Gasteiger charge is 2.50. The molecule has 0 aromatic carbocycles. The van der Waals surface area contributed by atoms with Gasteiger partial charge in [-0.3, -0.25) is 4.79 Å². The van der Waals surface area contributed by atoms with E-state index < -0.39 is 0 Å². The first-order valence-electron chi connectivity index (χ1n) is 9.33. The molecular weight excluding hydrogens is 298 g/mol. The van der Waals surface area contributed by atoms with Crippen molar-refractivity contribution in [3.8, 4) is 0 Å². The monoisotopic (exact) mass is 323 g/mol. The molecule has 1 N–H and O–H groups in total. The lowest BCUT2D eigenvalue weighted by Crippen LogP contribution is -2.51. The van der Waals surface area contributed by atoms with E-state index in [1.54, 1.807) is 4.52 Å². The number of carbonyl (C=O) groups excluding carboxylic acids is 1. The third kappa shape index (κ3) is 2.27. The van der Waals surface area contributed by atoms with Crippen LogP contribution in [0.25, 0.3) is 5.52 Å². The third-order valence-corrected chi connectivity index (χ3v) is 6.66. The molecule has 0 saturated heterocycles. The third-order valence-electron chi connectivity index (χ3n) is 6.66. The Labute approximate surface area is 142 Å². The Bertz CT molecular complexity index is 771. The van der Waals surface area contributed by atoms with E-state index in [4.69, 9.17) is 0 Å². The number of amides is 1. The zero-order valence-corrected chi connectivity index (χ0v) is 14.3. The van der Waals surface area contributed by atoms with E-state index in [9.17, 15) is 4.79 Å². The fraction of sp³-hybridized carbons (Fsp3) is 0.600. The average Bonchev–Trinajstić information content (AvgIpc) is 2.91. The van der Waals surface area contributed by atoms with Crippen molar-refractivity contribution in [3.05, 3.63) is 35.7 Å². The molecule has 4 fully saturated rings. The van der Waals surface area contributed by atoms with Crippen LogP contribution in [0.5, 0.6) is 0 Å². The first kappa shape index (κ1) is 14.5. The molecule has 4 bridgehead atoms. The van der Waals surface area contributed by atoms with E-state index in [1.165, 1.54) is 38.5 Å². The number of aryl methyl sites for hydroxylation is 1. The molecule has 0 radical (unpaired) electrons. The quantitative estimate of drug-likeness (QED) is 0.938. The van der Waals surface area contributed by atoms with Gasteiger partial charge in [-0.15, -0.1) is 0 Å². The smallest absolute Gasteiger partial charge is 0.253 e. The maximum atomic E-state index is 12.8. The molecule has 4 saturated carbocycles. The van der Waals surface area contributed by atoms with Gasteiger partial charge in [-0.25, -0.2) is 4.52 Å². The van der Waals surface area contributed by atoms with Crippen LogP contribution >= 0.6 is 0 Å². The van der Waals surface area contributed by atoms with Gasteiger partial charge in [0.2, 0.25) is 0 Å². The Morgan fingerprint density at radius 2 is 1.92 bits per heavy atom. The Kier molecular flexibility index (Phi) is 3.07. The number of rotatable bonds is 3. The maximum Gasteiger partial charge on any atom is 0.253 e. The van der Waals surface area contributed by atoms with Crippen LogP contribution in [0.15, 0.2) is 24.4 Å². The number of aromatic nitrogens is 2. The summed E-state index contributed by atoms with van der Waals surface area (Å²) in [6, 6.07) is 5.80. The normalized spacial score (nSPS) is 34.0. The van der Waals surface area contributed by atoms with Gasteiger partial charge in [0.15, 0.2) is 0 Å². The van der Waals surface area contributed by atoms with Gasteiger partial charge >= 0.3 is 0 Å². The van der Waals surface area contributed by atoms with Crippen molar-refractivity contribution < 1.29 is 4.79 Å². The second-order valence-corrected chi connectivity index (χ2v) is 8.64. The molecule has 4 aliphatic carbocycles. The summed E-state index contributed by atoms with van der Waals surface area (Å²) in [4.78, 5) is 12.8. The molecule has 126 valence electrons. The lowest BCUT2D eigenvalue weighted by atomic mass is 9.49. The van der Waals surface area contributed by atoms with E-state index in [1.807, 2.05) is 31.3 Å². The van der Waals surface area contributed by atoms with Crippen LogP contribution in [0.3, 0.4) is 0 Å². The Hall–Kier alpha value is -1.84. The van der Waals surface area contributed by atoms with Crippen LogP contribution in [0.2, 0.25) is 0 Å². The van der Waals surface area contributed by atoms with E-state index >= 15 is 0 Å². The molecule has 2 aromatic heterocycles. The SMILES string of the molecule is Cc1cc2c(C(=O)NCC34CC5CC(CC(C5)C3)C4)cccn2n1. The first-order valence-corrected chi connectivity index (χ1v) is 9.33. The molecule has 4 aliphatic rings. The molecule has 2 aromatic rings. The van der Waals surface area contributed by atoms with Gasteiger partial charge in [0.1, 0.15) is 0 Å². The predicted molar refractivity (Wildman–Crippen MR) is 92.9 cm³/mol. The van der Waals surface area contributed by atoms with Gasteiger partial charge in [-0.05, 0) is 86.8 Å². The van der Waals surface area contributed by atoms with E-state index in [-0.39, 0.29) is 5.91 Å². The molecule has 4 nitrogen and oxygen atoms in total. The number of nitrogens with one attached hydrogen (secondary N) is 1. The number of hydrogen-bond donors (Lipinski definition) is 1. The first-order chi connectivity index (χ1) is 11.6. The minimum absolute atomic E-state index is 0.0521. The van der Waals surface area contributed by atoms with Crippen molar-refractivity contribution in [1.29, 1.82) is 0 Å². The highest BCUT2D eigenvalue weighted by molar-refractivity contribution is 6.00. The van der Waals surface area contributed by atoms with Crippen LogP contribution in [0.1, 0.15) is 54.6 Å². The number of pyridine rings is 1. The number of hydrogen-bond acceptors (Lipinski definition) is 2. The summed E-state index contributed by atoms with van der Waals surface area (Å²) in [5, 5.41) is 7.68. The molecular formula is C20H25N3O. The summed E-state index contributed by atoms with van der Waals surface area (Å²) >= 11 is 0. The maximum absolute atomic E-state index is 12.8. The predicted octanol–water partition coefficient (Wildman–Crippen LogP) is 3.59.